The number of benzene rings is 2. The van der Waals surface area contributed by atoms with E-state index in [2.05, 4.69) is 62.1 Å². The van der Waals surface area contributed by atoms with Crippen LogP contribution in [-0.4, -0.2) is 150 Å². The van der Waals surface area contributed by atoms with Crippen molar-refractivity contribution < 1.29 is 28.4 Å². The minimum Gasteiger partial charge on any atom is -0.444 e. The van der Waals surface area contributed by atoms with Gasteiger partial charge in [0.1, 0.15) is 40.1 Å². The third-order valence-corrected chi connectivity index (χ3v) is 16.7. The number of carbonyl (C=O) groups excluding carboxylic acids is 2. The Hall–Kier alpha value is -8.04. The Bertz CT molecular complexity index is 4470. The average molecular weight is 1360 g/mol. The molecule has 11 heterocycles. The van der Waals surface area contributed by atoms with Crippen LogP contribution in [0.4, 0.5) is 9.59 Å². The number of ether oxygens (including phenoxy) is 2. The van der Waals surface area contributed by atoms with E-state index in [1.807, 2.05) is 147 Å². The number of carbonyl (C=O) groups is 2. The number of amides is 2. The van der Waals surface area contributed by atoms with Gasteiger partial charge in [0.2, 0.25) is 0 Å². The van der Waals surface area contributed by atoms with Gasteiger partial charge in [0.25, 0.3) is 0 Å². The van der Waals surface area contributed by atoms with Gasteiger partial charge in [-0.25, -0.2) is 29.1 Å². The maximum absolute atomic E-state index is 13.5. The largest absolute Gasteiger partial charge is 0.496 e. The monoisotopic (exact) mass is 1360 g/mol. The van der Waals surface area contributed by atoms with Gasteiger partial charge in [-0.3, -0.25) is 47.6 Å². The molecule has 3 saturated heterocycles. The molecular formula is C64H76BBrCl2N16O8. The standard InChI is InChI=1S/C28H30N8O3.C20H23BrN4O3.C14H19BN4O2.C2H4Cl2/c1-28(2,3)39-27(38)35-11-10-19(15-35)36-24-20-12-17(6-8-21(20)30-14-23(24)34(5)26(36)37)18-7-9-22(29-13-18)25-31-16-33(4)32-25;1-20(2,3)28-19(27)24-8-7-13(11-24)25-17-14-9-12(21)5-6-15(14)22-10-16(17)23(4)18(25)26;1-13(2)14(3,4)21-15(20-13)10-6-7-11(16-8-10)12-17-9-19(5)18-12;1-2(3)4/h6-9,12-14,16,19H,10-11,15H2,1-5H3;5-6,9-10,13H,7-8,11H2,1-4H3;6-9H,1-5H3;2H,1H3/t19-;13-;;/m00../s1. The van der Waals surface area contributed by atoms with Crippen LogP contribution in [0.25, 0.3) is 78.0 Å². The number of rotatable bonds is 6. The van der Waals surface area contributed by atoms with E-state index >= 15 is 0 Å². The van der Waals surface area contributed by atoms with E-state index < -0.39 is 18.3 Å². The van der Waals surface area contributed by atoms with Gasteiger partial charge in [-0.05, 0) is 137 Å². The lowest BCUT2D eigenvalue weighted by atomic mass is 9.80. The Morgan fingerprint density at radius 2 is 1.04 bits per heavy atom. The Morgan fingerprint density at radius 3 is 1.46 bits per heavy atom. The van der Waals surface area contributed by atoms with Crippen LogP contribution < -0.4 is 16.8 Å². The lowest BCUT2D eigenvalue weighted by molar-refractivity contribution is 0.00578. The van der Waals surface area contributed by atoms with Crippen LogP contribution in [0, 0.1) is 0 Å². The van der Waals surface area contributed by atoms with Gasteiger partial charge in [0, 0.05) is 93.0 Å². The molecule has 3 aliphatic rings. The summed E-state index contributed by atoms with van der Waals surface area (Å²) in [6.07, 6.45) is 11.0. The Balaban J connectivity index is 0.000000154. The summed E-state index contributed by atoms with van der Waals surface area (Å²) < 4.78 is 34.2. The van der Waals surface area contributed by atoms with Crippen LogP contribution in [-0.2, 0) is 47.0 Å². The molecule has 0 saturated carbocycles. The van der Waals surface area contributed by atoms with Gasteiger partial charge < -0.3 is 28.6 Å². The molecule has 28 heteroatoms. The van der Waals surface area contributed by atoms with Crippen LogP contribution in [0.2, 0.25) is 0 Å². The highest BCUT2D eigenvalue weighted by atomic mass is 79.9. The third-order valence-electron chi connectivity index (χ3n) is 16.2. The molecule has 10 aromatic rings. The molecule has 13 rings (SSSR count). The van der Waals surface area contributed by atoms with Gasteiger partial charge in [-0.15, -0.1) is 33.4 Å². The van der Waals surface area contributed by atoms with Crippen molar-refractivity contribution in [1.82, 2.24) is 77.5 Å². The van der Waals surface area contributed by atoms with Crippen LogP contribution >= 0.6 is 39.1 Å². The smallest absolute Gasteiger partial charge is 0.444 e. The molecule has 24 nitrogen and oxygen atoms in total. The number of fused-ring (bicyclic) bond motifs is 6. The molecular weight excluding hydrogens is 1280 g/mol. The Kier molecular flexibility index (Phi) is 19.0. The van der Waals surface area contributed by atoms with Crippen molar-refractivity contribution in [3.05, 3.63) is 124 Å². The SMILES string of the molecule is CC(Cl)Cl.Cn1c(=O)n([C@H]2CCN(C(=O)OC(C)(C)C)C2)c2c3cc(Br)ccc3ncc21.Cn1cnc(-c2ccc(-c3ccc4ncc5c(c4c3)n([C@H]3CCN(C(=O)OC(C)(C)C)C3)c(=O)n5C)cn2)n1.Cn1cnc(-c2ccc(B3OC(C)(C)C(C)(C)O3)cn2)n1. The third kappa shape index (κ3) is 14.4. The minimum absolute atomic E-state index is 0.0969. The van der Waals surface area contributed by atoms with Gasteiger partial charge in [0.05, 0.1) is 68.8 Å². The molecule has 8 aromatic heterocycles. The number of hydrogen-bond acceptors (Lipinski definition) is 16. The van der Waals surface area contributed by atoms with Gasteiger partial charge >= 0.3 is 30.7 Å². The Labute approximate surface area is 551 Å². The predicted molar refractivity (Wildman–Crippen MR) is 360 cm³/mol. The molecule has 0 N–H and O–H groups in total. The van der Waals surface area contributed by atoms with E-state index in [-0.39, 0.29) is 51.7 Å². The van der Waals surface area contributed by atoms with E-state index in [4.69, 9.17) is 42.0 Å². The zero-order valence-corrected chi connectivity index (χ0v) is 57.4. The van der Waals surface area contributed by atoms with Gasteiger partial charge in [-0.2, -0.15) is 0 Å². The molecule has 2 aromatic carbocycles. The summed E-state index contributed by atoms with van der Waals surface area (Å²) in [6.45, 7) is 22.9. The first-order chi connectivity index (χ1) is 43.3. The van der Waals surface area contributed by atoms with Crippen molar-refractivity contribution >= 4 is 108 Å². The fraction of sp³-hybridized carbons (Fsp3) is 0.438. The number of nitrogens with zero attached hydrogens (tertiary/aromatic N) is 16. The summed E-state index contributed by atoms with van der Waals surface area (Å²) in [4.78, 5) is 81.4. The van der Waals surface area contributed by atoms with Crippen LogP contribution in [0.5, 0.6) is 0 Å². The van der Waals surface area contributed by atoms with Crippen molar-refractivity contribution in [2.75, 3.05) is 26.2 Å². The second kappa shape index (κ2) is 26.2. The molecule has 0 unspecified atom stereocenters. The fourth-order valence-electron chi connectivity index (χ4n) is 11.0. The molecule has 0 aliphatic carbocycles. The first kappa shape index (κ1) is 66.9. The van der Waals surface area contributed by atoms with E-state index in [1.165, 1.54) is 0 Å². The number of pyridine rings is 4. The molecule has 2 atom stereocenters. The number of alkyl halides is 2. The summed E-state index contributed by atoms with van der Waals surface area (Å²) in [5, 5.41) is 10.3. The van der Waals surface area contributed by atoms with E-state index in [0.717, 1.165) is 70.6 Å². The molecule has 484 valence electrons. The van der Waals surface area contributed by atoms with E-state index in [9.17, 15) is 19.2 Å². The van der Waals surface area contributed by atoms with E-state index in [0.29, 0.717) is 56.4 Å². The predicted octanol–water partition coefficient (Wildman–Crippen LogP) is 10.7. The summed E-state index contributed by atoms with van der Waals surface area (Å²) in [7, 11) is 6.77. The molecule has 0 bridgehead atoms. The number of imidazole rings is 2. The zero-order valence-electron chi connectivity index (χ0n) is 54.3. The summed E-state index contributed by atoms with van der Waals surface area (Å²) in [5.74, 6) is 1.18. The number of aryl methyl sites for hydroxylation is 4. The Morgan fingerprint density at radius 1 is 0.609 bits per heavy atom. The molecule has 0 radical (unpaired) electrons. The maximum Gasteiger partial charge on any atom is 0.496 e. The zero-order chi connectivity index (χ0) is 66.5. The normalized spacial score (nSPS) is 17.1. The number of likely N-dealkylation sites (tertiary alicyclic amines) is 2. The lowest BCUT2D eigenvalue weighted by Crippen LogP contribution is -2.41. The molecule has 3 fully saturated rings. The van der Waals surface area contributed by atoms with Gasteiger partial charge in [0.15, 0.2) is 11.6 Å². The first-order valence-corrected chi connectivity index (χ1v) is 31.8. The fourth-order valence-corrected chi connectivity index (χ4v) is 11.4. The summed E-state index contributed by atoms with van der Waals surface area (Å²) in [6, 6.07) is 19.3. The van der Waals surface area contributed by atoms with E-state index in [1.54, 1.807) is 86.8 Å². The van der Waals surface area contributed by atoms with Gasteiger partial charge in [-0.1, -0.05) is 34.1 Å². The highest BCUT2D eigenvalue weighted by Crippen LogP contribution is 2.38. The van der Waals surface area contributed by atoms with Crippen molar-refractivity contribution in [1.29, 1.82) is 0 Å². The summed E-state index contributed by atoms with van der Waals surface area (Å²) >= 11 is 13.6. The average Bonchev–Trinajstić information content (AvgIpc) is 1.58. The second-order valence-electron chi connectivity index (χ2n) is 26.0. The van der Waals surface area contributed by atoms with Crippen molar-refractivity contribution in [2.24, 2.45) is 28.2 Å². The van der Waals surface area contributed by atoms with Crippen LogP contribution in [0.3, 0.4) is 0 Å². The molecule has 3 aliphatic heterocycles. The van der Waals surface area contributed by atoms with Crippen molar-refractivity contribution in [3.63, 3.8) is 0 Å². The topological polar surface area (TPSA) is 244 Å². The minimum atomic E-state index is -0.578. The highest BCUT2D eigenvalue weighted by molar-refractivity contribution is 9.10. The number of aromatic nitrogens is 14. The molecule has 0 spiro atoms. The first-order valence-electron chi connectivity index (χ1n) is 30.1. The van der Waals surface area contributed by atoms with Crippen LogP contribution in [0.15, 0.2) is 112 Å². The molecule has 92 heavy (non-hydrogen) atoms. The highest BCUT2D eigenvalue weighted by Gasteiger charge is 2.52. The maximum atomic E-state index is 13.5. The van der Waals surface area contributed by atoms with Crippen LogP contribution in [0.1, 0.15) is 101 Å². The molecule has 2 amide bonds. The number of halogens is 3. The second-order valence-corrected chi connectivity index (χ2v) is 28.5. The quantitative estimate of drug-likeness (QED) is 0.111. The van der Waals surface area contributed by atoms with Crippen molar-refractivity contribution in [3.8, 4) is 34.2 Å². The number of hydrogen-bond donors (Lipinski definition) is 0. The lowest BCUT2D eigenvalue weighted by Gasteiger charge is -2.32. The van der Waals surface area contributed by atoms with Crippen molar-refractivity contribution in [2.45, 2.75) is 128 Å². The summed E-state index contributed by atoms with van der Waals surface area (Å²) in [5.41, 5.74) is 6.97.